The first-order valence-corrected chi connectivity index (χ1v) is 10.9. The normalized spacial score (nSPS) is 23.6. The minimum Gasteiger partial charge on any atom is -0.496 e. The fraction of sp³-hybridized carbons (Fsp3) is 0.292. The first kappa shape index (κ1) is 20.6. The van der Waals surface area contributed by atoms with Crippen molar-refractivity contribution < 1.29 is 9.53 Å². The maximum Gasteiger partial charge on any atom is 0.223 e. The Bertz CT molecular complexity index is 1250. The molecule has 1 amide bonds. The summed E-state index contributed by atoms with van der Waals surface area (Å²) in [5.41, 5.74) is 9.53. The van der Waals surface area contributed by atoms with Gasteiger partial charge in [0.25, 0.3) is 0 Å². The number of nitrogens with one attached hydrogen (secondary N) is 2. The Labute approximate surface area is 190 Å². The molecule has 2 aliphatic carbocycles. The number of halogens is 1. The van der Waals surface area contributed by atoms with Gasteiger partial charge in [0.2, 0.25) is 5.91 Å². The van der Waals surface area contributed by atoms with Gasteiger partial charge in [-0.05, 0) is 42.4 Å². The highest BCUT2D eigenvalue weighted by atomic mass is 35.5. The number of hydrogen-bond donors (Lipinski definition) is 3. The number of aromatic amines is 1. The molecule has 2 bridgehead atoms. The van der Waals surface area contributed by atoms with E-state index in [1.165, 1.54) is 0 Å². The maximum atomic E-state index is 12.1. The monoisotopic (exact) mass is 449 g/mol. The summed E-state index contributed by atoms with van der Waals surface area (Å²) >= 11 is 6.54. The van der Waals surface area contributed by atoms with Gasteiger partial charge >= 0.3 is 0 Å². The highest BCUT2D eigenvalue weighted by Gasteiger charge is 2.47. The molecule has 164 valence electrons. The van der Waals surface area contributed by atoms with Gasteiger partial charge in [0, 0.05) is 6.04 Å². The van der Waals surface area contributed by atoms with Crippen LogP contribution in [0.2, 0.25) is 5.02 Å². The number of H-pyrrole nitrogens is 1. The summed E-state index contributed by atoms with van der Waals surface area (Å²) < 4.78 is 5.60. The van der Waals surface area contributed by atoms with E-state index in [9.17, 15) is 4.79 Å². The Morgan fingerprint density at radius 1 is 1.41 bits per heavy atom. The molecule has 2 aliphatic rings. The van der Waals surface area contributed by atoms with Crippen molar-refractivity contribution in [2.45, 2.75) is 18.9 Å². The number of nitrogens with zero attached hydrogens (tertiary/aromatic N) is 2. The number of benzene rings is 1. The Hall–Kier alpha value is -3.32. The van der Waals surface area contributed by atoms with E-state index in [0.29, 0.717) is 33.4 Å². The van der Waals surface area contributed by atoms with Crippen molar-refractivity contribution in [3.8, 4) is 17.1 Å². The Kier molecular flexibility index (Phi) is 5.13. The number of rotatable bonds is 7. The van der Waals surface area contributed by atoms with E-state index in [0.717, 1.165) is 24.0 Å². The van der Waals surface area contributed by atoms with Crippen LogP contribution in [-0.4, -0.2) is 34.0 Å². The minimum absolute atomic E-state index is 0.120. The molecular weight excluding hydrogens is 426 g/mol. The van der Waals surface area contributed by atoms with Crippen molar-refractivity contribution >= 4 is 34.4 Å². The smallest absolute Gasteiger partial charge is 0.223 e. The summed E-state index contributed by atoms with van der Waals surface area (Å²) in [5, 5.41) is 3.95. The molecule has 8 heteroatoms. The largest absolute Gasteiger partial charge is 0.496 e. The third kappa shape index (κ3) is 3.33. The second-order valence-corrected chi connectivity index (χ2v) is 8.75. The standard InChI is InChI=1S/C24H24ClN5O2/c1-3-4-12-5-8-15(17(9-12)32-2)23-29-21-20(16(25)11-27-24(21)30-23)28-19-14-7-6-13(10-14)18(19)22(26)31/h3,5-9,11,13-14,18-19H,1,4,10H2,2H3,(H2,26,31)(H2,27,28,29,30)/t13-,14+,18+,19-/m1/s1. The molecule has 4 atom stereocenters. The molecule has 4 N–H and O–H groups in total. The molecule has 7 nitrogen and oxygen atoms in total. The van der Waals surface area contributed by atoms with Gasteiger partial charge < -0.3 is 20.8 Å². The van der Waals surface area contributed by atoms with Gasteiger partial charge in [-0.2, -0.15) is 0 Å². The summed E-state index contributed by atoms with van der Waals surface area (Å²) in [5.74, 6) is 1.16. The number of carbonyl (C=O) groups excluding carboxylic acids is 1. The van der Waals surface area contributed by atoms with Crippen molar-refractivity contribution in [2.24, 2.45) is 23.5 Å². The molecule has 1 aromatic carbocycles. The summed E-state index contributed by atoms with van der Waals surface area (Å²) in [7, 11) is 1.63. The quantitative estimate of drug-likeness (QED) is 0.471. The van der Waals surface area contributed by atoms with Crippen LogP contribution in [0.1, 0.15) is 12.0 Å². The van der Waals surface area contributed by atoms with E-state index >= 15 is 0 Å². The van der Waals surface area contributed by atoms with E-state index in [4.69, 9.17) is 22.1 Å². The van der Waals surface area contributed by atoms with Crippen molar-refractivity contribution in [3.05, 3.63) is 59.8 Å². The van der Waals surface area contributed by atoms with Crippen LogP contribution < -0.4 is 15.8 Å². The van der Waals surface area contributed by atoms with Crippen molar-refractivity contribution in [3.63, 3.8) is 0 Å². The van der Waals surface area contributed by atoms with Crippen LogP contribution in [0.3, 0.4) is 0 Å². The van der Waals surface area contributed by atoms with Gasteiger partial charge in [-0.3, -0.25) is 4.79 Å². The van der Waals surface area contributed by atoms with Gasteiger partial charge in [-0.15, -0.1) is 6.58 Å². The van der Waals surface area contributed by atoms with Crippen LogP contribution in [0.25, 0.3) is 22.6 Å². The highest BCUT2D eigenvalue weighted by Crippen LogP contribution is 2.46. The van der Waals surface area contributed by atoms with E-state index in [1.807, 2.05) is 24.3 Å². The number of aromatic nitrogens is 3. The van der Waals surface area contributed by atoms with Gasteiger partial charge in [-0.25, -0.2) is 9.97 Å². The van der Waals surface area contributed by atoms with E-state index in [2.05, 4.69) is 39.0 Å². The lowest BCUT2D eigenvalue weighted by atomic mass is 9.88. The molecular formula is C24H24ClN5O2. The van der Waals surface area contributed by atoms with Crippen molar-refractivity contribution in [1.82, 2.24) is 15.0 Å². The SMILES string of the molecule is C=CCc1ccc(-c2nc3ncc(Cl)c(N[C@H]4[C@@H](C(N)=O)[C@@H]5C=C[C@H]4C5)c3[nH]2)c(OC)c1. The predicted octanol–water partition coefficient (Wildman–Crippen LogP) is 4.10. The summed E-state index contributed by atoms with van der Waals surface area (Å²) in [6.45, 7) is 3.79. The molecule has 1 fully saturated rings. The number of amides is 1. The number of imidazole rings is 1. The average molecular weight is 450 g/mol. The van der Waals surface area contributed by atoms with Crippen LogP contribution in [0.5, 0.6) is 5.75 Å². The lowest BCUT2D eigenvalue weighted by molar-refractivity contribution is -0.122. The molecule has 3 aromatic rings. The van der Waals surface area contributed by atoms with Crippen LogP contribution in [-0.2, 0) is 11.2 Å². The van der Waals surface area contributed by atoms with E-state index < -0.39 is 0 Å². The van der Waals surface area contributed by atoms with Gasteiger partial charge in [0.15, 0.2) is 5.65 Å². The summed E-state index contributed by atoms with van der Waals surface area (Å²) in [4.78, 5) is 24.6. The Balaban J connectivity index is 1.55. The molecule has 0 spiro atoms. The minimum atomic E-state index is -0.296. The molecule has 0 saturated heterocycles. The van der Waals surface area contributed by atoms with Crippen LogP contribution >= 0.6 is 11.6 Å². The molecule has 0 aliphatic heterocycles. The van der Waals surface area contributed by atoms with Crippen molar-refractivity contribution in [1.29, 1.82) is 0 Å². The first-order chi connectivity index (χ1) is 15.5. The topological polar surface area (TPSA) is 106 Å². The zero-order valence-electron chi connectivity index (χ0n) is 17.6. The zero-order valence-corrected chi connectivity index (χ0v) is 18.4. The molecule has 1 saturated carbocycles. The third-order valence-corrected chi connectivity index (χ3v) is 6.76. The first-order valence-electron chi connectivity index (χ1n) is 10.6. The average Bonchev–Trinajstić information content (AvgIpc) is 3.50. The number of methoxy groups -OCH3 is 1. The fourth-order valence-corrected chi connectivity index (χ4v) is 5.20. The van der Waals surface area contributed by atoms with Gasteiger partial charge in [0.1, 0.15) is 17.1 Å². The maximum absolute atomic E-state index is 12.1. The number of hydrogen-bond acceptors (Lipinski definition) is 5. The zero-order chi connectivity index (χ0) is 22.4. The molecule has 5 rings (SSSR count). The molecule has 0 unspecified atom stereocenters. The van der Waals surface area contributed by atoms with Crippen molar-refractivity contribution in [2.75, 3.05) is 12.4 Å². The Morgan fingerprint density at radius 2 is 2.22 bits per heavy atom. The second-order valence-electron chi connectivity index (χ2n) is 8.34. The number of pyridine rings is 1. The molecule has 2 heterocycles. The second kappa shape index (κ2) is 7.98. The van der Waals surface area contributed by atoms with E-state index in [-0.39, 0.29) is 29.7 Å². The number of anilines is 1. The van der Waals surface area contributed by atoms with Gasteiger partial charge in [-0.1, -0.05) is 35.9 Å². The number of primary amides is 1. The third-order valence-electron chi connectivity index (χ3n) is 6.47. The van der Waals surface area contributed by atoms with E-state index in [1.54, 1.807) is 13.3 Å². The van der Waals surface area contributed by atoms with Gasteiger partial charge in [0.05, 0.1) is 35.5 Å². The van der Waals surface area contributed by atoms with Crippen LogP contribution in [0.15, 0.2) is 49.2 Å². The Morgan fingerprint density at radius 3 is 2.97 bits per heavy atom. The fourth-order valence-electron chi connectivity index (χ4n) is 5.00. The molecule has 0 radical (unpaired) electrons. The number of nitrogens with two attached hydrogens (primary N) is 1. The molecule has 2 aromatic heterocycles. The summed E-state index contributed by atoms with van der Waals surface area (Å²) in [6, 6.07) is 5.84. The number of carbonyl (C=O) groups is 1. The lowest BCUT2D eigenvalue weighted by Crippen LogP contribution is -2.41. The lowest BCUT2D eigenvalue weighted by Gasteiger charge is -2.28. The molecule has 32 heavy (non-hydrogen) atoms. The van der Waals surface area contributed by atoms with Crippen LogP contribution in [0.4, 0.5) is 5.69 Å². The van der Waals surface area contributed by atoms with Crippen LogP contribution in [0, 0.1) is 17.8 Å². The number of allylic oxidation sites excluding steroid dienone is 2. The predicted molar refractivity (Wildman–Crippen MR) is 126 cm³/mol. The number of ether oxygens (including phenoxy) is 1. The summed E-state index contributed by atoms with van der Waals surface area (Å²) in [6.07, 6.45) is 9.34. The number of fused-ring (bicyclic) bond motifs is 3. The highest BCUT2D eigenvalue weighted by molar-refractivity contribution is 6.34.